The Labute approximate surface area is 176 Å². The van der Waals surface area contributed by atoms with E-state index in [2.05, 4.69) is 20.3 Å². The van der Waals surface area contributed by atoms with Crippen LogP contribution in [-0.2, 0) is 10.0 Å². The summed E-state index contributed by atoms with van der Waals surface area (Å²) >= 11 is 0. The first-order valence-corrected chi connectivity index (χ1v) is 10.9. The van der Waals surface area contributed by atoms with Crippen LogP contribution < -0.4 is 15.4 Å². The molecule has 0 radical (unpaired) electrons. The highest BCUT2D eigenvalue weighted by Crippen LogP contribution is 2.18. The molecule has 2 amide bonds. The van der Waals surface area contributed by atoms with Gasteiger partial charge in [-0.05, 0) is 43.2 Å². The monoisotopic (exact) mass is 424 g/mol. The summed E-state index contributed by atoms with van der Waals surface area (Å²) in [6.07, 6.45) is 3.14. The van der Waals surface area contributed by atoms with Gasteiger partial charge in [0.2, 0.25) is 10.0 Å². The number of hydrogen-bond acceptors (Lipinski definition) is 4. The third-order valence-electron chi connectivity index (χ3n) is 4.54. The van der Waals surface area contributed by atoms with Gasteiger partial charge in [-0.2, -0.15) is 0 Å². The molecule has 0 aliphatic carbocycles. The second kappa shape index (κ2) is 9.51. The van der Waals surface area contributed by atoms with E-state index < -0.39 is 22.1 Å². The van der Waals surface area contributed by atoms with Gasteiger partial charge in [-0.15, -0.1) is 0 Å². The van der Waals surface area contributed by atoms with E-state index >= 15 is 0 Å². The number of anilines is 1. The summed E-state index contributed by atoms with van der Waals surface area (Å²) in [4.78, 5) is 16.6. The molecule has 2 aromatic carbocycles. The lowest BCUT2D eigenvalue weighted by Crippen LogP contribution is -2.39. The molecule has 3 N–H and O–H groups in total. The van der Waals surface area contributed by atoms with E-state index in [0.29, 0.717) is 11.3 Å². The van der Waals surface area contributed by atoms with Crippen molar-refractivity contribution in [2.24, 2.45) is 0 Å². The molecule has 0 saturated carbocycles. The van der Waals surface area contributed by atoms with E-state index in [1.165, 1.54) is 0 Å². The molecule has 3 aromatic rings. The Balaban J connectivity index is 1.75. The minimum Gasteiger partial charge on any atom is -0.330 e. The van der Waals surface area contributed by atoms with Gasteiger partial charge in [0.05, 0.1) is 10.9 Å². The van der Waals surface area contributed by atoms with E-state index in [4.69, 9.17) is 0 Å². The summed E-state index contributed by atoms with van der Waals surface area (Å²) in [6, 6.07) is 16.7. The van der Waals surface area contributed by atoms with Crippen LogP contribution in [0.4, 0.5) is 10.5 Å². The van der Waals surface area contributed by atoms with Crippen LogP contribution in [0.2, 0.25) is 0 Å². The van der Waals surface area contributed by atoms with E-state index in [1.807, 2.05) is 43.3 Å². The summed E-state index contributed by atoms with van der Waals surface area (Å²) in [6.45, 7) is 3.67. The zero-order chi connectivity index (χ0) is 21.6. The fraction of sp³-hybridized carbons (Fsp3) is 0.182. The predicted octanol–water partition coefficient (Wildman–Crippen LogP) is 3.54. The summed E-state index contributed by atoms with van der Waals surface area (Å²) < 4.78 is 28.3. The number of sulfonamides is 1. The van der Waals surface area contributed by atoms with Crippen LogP contribution in [0.25, 0.3) is 0 Å². The topological polar surface area (TPSA) is 100 Å². The summed E-state index contributed by atoms with van der Waals surface area (Å²) in [7, 11) is -3.74. The molecule has 30 heavy (non-hydrogen) atoms. The molecule has 0 spiro atoms. The SMILES string of the molecule is Cc1ccc(S(=O)(=O)NC[C@H](NC(=O)Nc2ccncc2)c2ccccc2)c(C)c1. The van der Waals surface area contributed by atoms with Crippen LogP contribution in [0.3, 0.4) is 0 Å². The highest BCUT2D eigenvalue weighted by molar-refractivity contribution is 7.89. The van der Waals surface area contributed by atoms with Crippen molar-refractivity contribution in [1.29, 1.82) is 0 Å². The van der Waals surface area contributed by atoms with Crippen molar-refractivity contribution in [3.05, 3.63) is 89.7 Å². The normalized spacial score (nSPS) is 12.2. The minimum atomic E-state index is -3.74. The van der Waals surface area contributed by atoms with Crippen LogP contribution in [-0.4, -0.2) is 26.0 Å². The van der Waals surface area contributed by atoms with Gasteiger partial charge in [-0.25, -0.2) is 17.9 Å². The van der Waals surface area contributed by atoms with Gasteiger partial charge < -0.3 is 10.6 Å². The lowest BCUT2D eigenvalue weighted by Gasteiger charge is -2.20. The fourth-order valence-electron chi connectivity index (χ4n) is 3.07. The number of carbonyl (C=O) groups is 1. The van der Waals surface area contributed by atoms with Crippen molar-refractivity contribution in [2.45, 2.75) is 24.8 Å². The number of hydrogen-bond donors (Lipinski definition) is 3. The van der Waals surface area contributed by atoms with Gasteiger partial charge in [-0.3, -0.25) is 4.98 Å². The second-order valence-electron chi connectivity index (χ2n) is 6.92. The fourth-order valence-corrected chi connectivity index (χ4v) is 4.34. The van der Waals surface area contributed by atoms with Crippen LogP contribution in [0.1, 0.15) is 22.7 Å². The summed E-state index contributed by atoms with van der Waals surface area (Å²) in [5, 5.41) is 5.55. The van der Waals surface area contributed by atoms with Crippen molar-refractivity contribution in [2.75, 3.05) is 11.9 Å². The smallest absolute Gasteiger partial charge is 0.319 e. The molecule has 1 heterocycles. The third-order valence-corrected chi connectivity index (χ3v) is 6.13. The largest absolute Gasteiger partial charge is 0.330 e. The Hall–Kier alpha value is -3.23. The zero-order valence-electron chi connectivity index (χ0n) is 16.8. The van der Waals surface area contributed by atoms with Gasteiger partial charge in [0, 0.05) is 24.6 Å². The maximum absolute atomic E-state index is 12.8. The lowest BCUT2D eigenvalue weighted by molar-refractivity contribution is 0.248. The standard InChI is InChI=1S/C22H24N4O3S/c1-16-8-9-21(17(2)14-16)30(28,29)24-15-20(18-6-4-3-5-7-18)26-22(27)25-19-10-12-23-13-11-19/h3-14,20,24H,15H2,1-2H3,(H2,23,25,26,27)/t20-/m0/s1. The Kier molecular flexibility index (Phi) is 6.81. The molecule has 156 valence electrons. The van der Waals surface area contributed by atoms with Gasteiger partial charge in [0.15, 0.2) is 0 Å². The lowest BCUT2D eigenvalue weighted by atomic mass is 10.1. The highest BCUT2D eigenvalue weighted by Gasteiger charge is 2.21. The second-order valence-corrected chi connectivity index (χ2v) is 8.65. The molecule has 0 saturated heterocycles. The predicted molar refractivity (Wildman–Crippen MR) is 117 cm³/mol. The van der Waals surface area contributed by atoms with Crippen molar-refractivity contribution in [1.82, 2.24) is 15.0 Å². The molecule has 3 rings (SSSR count). The molecular formula is C22H24N4O3S. The van der Waals surface area contributed by atoms with Crippen LogP contribution in [0.15, 0.2) is 78.0 Å². The number of nitrogens with zero attached hydrogens (tertiary/aromatic N) is 1. The first-order chi connectivity index (χ1) is 14.3. The van der Waals surface area contributed by atoms with Gasteiger partial charge in [0.25, 0.3) is 0 Å². The zero-order valence-corrected chi connectivity index (χ0v) is 17.6. The van der Waals surface area contributed by atoms with E-state index in [-0.39, 0.29) is 11.4 Å². The number of pyridine rings is 1. The van der Waals surface area contributed by atoms with Gasteiger partial charge in [-0.1, -0.05) is 48.0 Å². The maximum Gasteiger partial charge on any atom is 0.319 e. The molecule has 1 atom stereocenters. The molecule has 0 fully saturated rings. The average Bonchev–Trinajstić information content (AvgIpc) is 2.72. The van der Waals surface area contributed by atoms with E-state index in [1.54, 1.807) is 43.6 Å². The van der Waals surface area contributed by atoms with Crippen LogP contribution in [0, 0.1) is 13.8 Å². The Bertz CT molecular complexity index is 1100. The van der Waals surface area contributed by atoms with Crippen molar-refractivity contribution in [3.63, 3.8) is 0 Å². The summed E-state index contributed by atoms with van der Waals surface area (Å²) in [5.41, 5.74) is 3.03. The number of nitrogens with one attached hydrogen (secondary N) is 3. The Morgan fingerprint density at radius 1 is 1.00 bits per heavy atom. The van der Waals surface area contributed by atoms with Crippen LogP contribution >= 0.6 is 0 Å². The molecule has 0 bridgehead atoms. The molecule has 7 nitrogen and oxygen atoms in total. The van der Waals surface area contributed by atoms with Gasteiger partial charge >= 0.3 is 6.03 Å². The molecule has 8 heteroatoms. The molecule has 0 unspecified atom stereocenters. The van der Waals surface area contributed by atoms with Crippen LogP contribution in [0.5, 0.6) is 0 Å². The minimum absolute atomic E-state index is 0.00340. The molecular weight excluding hydrogens is 400 g/mol. The number of amides is 2. The average molecular weight is 425 g/mol. The van der Waals surface area contributed by atoms with E-state index in [9.17, 15) is 13.2 Å². The molecule has 0 aliphatic rings. The number of aryl methyl sites for hydroxylation is 2. The summed E-state index contributed by atoms with van der Waals surface area (Å²) in [5.74, 6) is 0. The number of urea groups is 1. The third kappa shape index (κ3) is 5.65. The number of aromatic nitrogens is 1. The van der Waals surface area contributed by atoms with Gasteiger partial charge in [0.1, 0.15) is 0 Å². The molecule has 1 aromatic heterocycles. The van der Waals surface area contributed by atoms with Crippen molar-refractivity contribution < 1.29 is 13.2 Å². The Morgan fingerprint density at radius 2 is 1.70 bits per heavy atom. The van der Waals surface area contributed by atoms with Crippen molar-refractivity contribution >= 4 is 21.7 Å². The highest BCUT2D eigenvalue weighted by atomic mass is 32.2. The maximum atomic E-state index is 12.8. The molecule has 0 aliphatic heterocycles. The van der Waals surface area contributed by atoms with Crippen molar-refractivity contribution in [3.8, 4) is 0 Å². The van der Waals surface area contributed by atoms with E-state index in [0.717, 1.165) is 11.1 Å². The first-order valence-electron chi connectivity index (χ1n) is 9.44. The number of rotatable bonds is 7. The quantitative estimate of drug-likeness (QED) is 0.540. The Morgan fingerprint density at radius 3 is 2.37 bits per heavy atom. The number of carbonyl (C=O) groups excluding carboxylic acids is 1. The first kappa shape index (κ1) is 21.5. The number of benzene rings is 2.